The van der Waals surface area contributed by atoms with E-state index in [9.17, 15) is 4.79 Å². The first-order valence-electron chi connectivity index (χ1n) is 4.29. The number of aromatic nitrogens is 2. The summed E-state index contributed by atoms with van der Waals surface area (Å²) in [4.78, 5) is 15.7. The molecule has 0 radical (unpaired) electrons. The molecule has 2 aromatic heterocycles. The minimum atomic E-state index is -0.933. The van der Waals surface area contributed by atoms with E-state index in [0.717, 1.165) is 10.7 Å². The van der Waals surface area contributed by atoms with E-state index in [1.807, 2.05) is 19.2 Å². The second-order valence-corrected chi connectivity index (χ2v) is 4.22. The van der Waals surface area contributed by atoms with Crippen LogP contribution in [0.5, 0.6) is 0 Å². The van der Waals surface area contributed by atoms with Gasteiger partial charge in [-0.3, -0.25) is 4.40 Å². The van der Waals surface area contributed by atoms with Crippen LogP contribution < -0.4 is 0 Å². The molecule has 4 nitrogen and oxygen atoms in total. The topological polar surface area (TPSA) is 54.6 Å². The number of hydrogen-bond donors (Lipinski definition) is 1. The lowest BCUT2D eigenvalue weighted by Gasteiger charge is -2.03. The average Bonchev–Trinajstić information content (AvgIpc) is 2.59. The Hall–Kier alpha value is -1.36. The lowest BCUT2D eigenvalue weighted by molar-refractivity contribution is 0.0689. The highest BCUT2D eigenvalue weighted by atomic mass is 32.1. The predicted molar refractivity (Wildman–Crippen MR) is 54.1 cm³/mol. The third-order valence-corrected chi connectivity index (χ3v) is 2.94. The number of fused-ring (bicyclic) bond motifs is 1. The maximum Gasteiger partial charge on any atom is 0.354 e. The number of thiazole rings is 1. The van der Waals surface area contributed by atoms with E-state index in [1.54, 1.807) is 4.40 Å². The Kier molecular flexibility index (Phi) is 2.03. The van der Waals surface area contributed by atoms with Crippen LogP contribution in [0.3, 0.4) is 0 Å². The quantitative estimate of drug-likeness (QED) is 0.826. The number of imidazole rings is 1. The van der Waals surface area contributed by atoms with E-state index in [0.29, 0.717) is 5.92 Å². The first-order valence-corrected chi connectivity index (χ1v) is 5.17. The maximum atomic E-state index is 10.9. The maximum absolute atomic E-state index is 10.9. The van der Waals surface area contributed by atoms with Crippen LogP contribution in [0.1, 0.15) is 35.9 Å². The second kappa shape index (κ2) is 3.09. The van der Waals surface area contributed by atoms with Gasteiger partial charge in [0.15, 0.2) is 10.7 Å². The molecule has 14 heavy (non-hydrogen) atoms. The Bertz CT molecular complexity index is 484. The SMILES string of the molecule is CC(C)c1csc2ncc(C(=O)O)n12. The van der Waals surface area contributed by atoms with E-state index in [4.69, 9.17) is 5.11 Å². The summed E-state index contributed by atoms with van der Waals surface area (Å²) in [6.45, 7) is 4.07. The van der Waals surface area contributed by atoms with Gasteiger partial charge >= 0.3 is 5.97 Å². The van der Waals surface area contributed by atoms with Crippen LogP contribution >= 0.6 is 11.3 Å². The van der Waals surface area contributed by atoms with Gasteiger partial charge < -0.3 is 5.11 Å². The monoisotopic (exact) mass is 210 g/mol. The second-order valence-electron chi connectivity index (χ2n) is 3.38. The number of rotatable bonds is 2. The fourth-order valence-corrected chi connectivity index (χ4v) is 2.40. The van der Waals surface area contributed by atoms with Crippen molar-refractivity contribution in [3.63, 3.8) is 0 Å². The molecule has 0 aliphatic heterocycles. The van der Waals surface area contributed by atoms with Crippen molar-refractivity contribution in [1.29, 1.82) is 0 Å². The van der Waals surface area contributed by atoms with Gasteiger partial charge in [0.05, 0.1) is 6.20 Å². The lowest BCUT2D eigenvalue weighted by atomic mass is 10.1. The highest BCUT2D eigenvalue weighted by molar-refractivity contribution is 7.15. The van der Waals surface area contributed by atoms with Crippen LogP contribution in [0.15, 0.2) is 11.6 Å². The Labute approximate surface area is 84.8 Å². The van der Waals surface area contributed by atoms with Crippen LogP contribution in [0.4, 0.5) is 0 Å². The molecule has 0 saturated carbocycles. The summed E-state index contributed by atoms with van der Waals surface area (Å²) in [5, 5.41) is 10.9. The van der Waals surface area contributed by atoms with Crippen LogP contribution in [0, 0.1) is 0 Å². The summed E-state index contributed by atoms with van der Waals surface area (Å²) < 4.78 is 1.71. The number of carboxylic acids is 1. The minimum Gasteiger partial charge on any atom is -0.477 e. The zero-order valence-electron chi connectivity index (χ0n) is 7.89. The Morgan fingerprint density at radius 3 is 2.93 bits per heavy atom. The molecule has 0 atom stereocenters. The van der Waals surface area contributed by atoms with Gasteiger partial charge in [0.2, 0.25) is 0 Å². The summed E-state index contributed by atoms with van der Waals surface area (Å²) in [7, 11) is 0. The molecule has 0 bridgehead atoms. The summed E-state index contributed by atoms with van der Waals surface area (Å²) >= 11 is 1.47. The molecule has 0 aliphatic carbocycles. The number of hydrogen-bond acceptors (Lipinski definition) is 3. The molecular weight excluding hydrogens is 200 g/mol. The van der Waals surface area contributed by atoms with Crippen molar-refractivity contribution in [3.05, 3.63) is 23.0 Å². The van der Waals surface area contributed by atoms with Crippen molar-refractivity contribution in [2.24, 2.45) is 0 Å². The fourth-order valence-electron chi connectivity index (χ4n) is 1.38. The van der Waals surface area contributed by atoms with Gasteiger partial charge in [0.1, 0.15) is 0 Å². The third kappa shape index (κ3) is 1.21. The Morgan fingerprint density at radius 2 is 2.36 bits per heavy atom. The summed E-state index contributed by atoms with van der Waals surface area (Å²) in [5.74, 6) is -0.631. The van der Waals surface area contributed by atoms with Crippen LogP contribution in [-0.2, 0) is 0 Å². The minimum absolute atomic E-state index is 0.241. The molecule has 0 saturated heterocycles. The molecule has 2 aromatic rings. The van der Waals surface area contributed by atoms with Gasteiger partial charge in [-0.1, -0.05) is 13.8 Å². The Morgan fingerprint density at radius 1 is 1.64 bits per heavy atom. The molecule has 5 heteroatoms. The van der Waals surface area contributed by atoms with Crippen molar-refractivity contribution in [1.82, 2.24) is 9.38 Å². The van der Waals surface area contributed by atoms with E-state index in [-0.39, 0.29) is 5.69 Å². The standard InChI is InChI=1S/C9H10N2O2S/c1-5(2)7-4-14-9-10-3-6(8(12)13)11(7)9/h3-5H,1-2H3,(H,12,13). The Balaban J connectivity index is 2.74. The summed E-state index contributed by atoms with van der Waals surface area (Å²) in [6.07, 6.45) is 1.40. The van der Waals surface area contributed by atoms with Gasteiger partial charge in [-0.15, -0.1) is 11.3 Å². The van der Waals surface area contributed by atoms with Gasteiger partial charge in [0.25, 0.3) is 0 Å². The van der Waals surface area contributed by atoms with Gasteiger partial charge in [-0.2, -0.15) is 0 Å². The van der Waals surface area contributed by atoms with E-state index in [2.05, 4.69) is 4.98 Å². The first-order chi connectivity index (χ1) is 6.61. The van der Waals surface area contributed by atoms with Crippen molar-refractivity contribution in [2.45, 2.75) is 19.8 Å². The average molecular weight is 210 g/mol. The summed E-state index contributed by atoms with van der Waals surface area (Å²) in [6, 6.07) is 0. The smallest absolute Gasteiger partial charge is 0.354 e. The molecule has 0 aromatic carbocycles. The van der Waals surface area contributed by atoms with Crippen molar-refractivity contribution in [2.75, 3.05) is 0 Å². The van der Waals surface area contributed by atoms with Crippen molar-refractivity contribution >= 4 is 22.3 Å². The molecule has 2 heterocycles. The first kappa shape index (κ1) is 9.21. The van der Waals surface area contributed by atoms with Crippen LogP contribution in [0.2, 0.25) is 0 Å². The summed E-state index contributed by atoms with van der Waals surface area (Å²) in [5.41, 5.74) is 1.24. The fraction of sp³-hybridized carbons (Fsp3) is 0.333. The lowest BCUT2D eigenvalue weighted by Crippen LogP contribution is -2.04. The largest absolute Gasteiger partial charge is 0.477 e. The zero-order chi connectivity index (χ0) is 10.3. The van der Waals surface area contributed by atoms with Crippen LogP contribution in [-0.4, -0.2) is 20.5 Å². The molecule has 0 amide bonds. The molecule has 2 rings (SSSR count). The third-order valence-electron chi connectivity index (χ3n) is 2.08. The van der Waals surface area contributed by atoms with Gasteiger partial charge in [0, 0.05) is 11.1 Å². The highest BCUT2D eigenvalue weighted by Gasteiger charge is 2.16. The predicted octanol–water partition coefficient (Wildman–Crippen LogP) is 2.22. The molecule has 1 N–H and O–H groups in total. The molecule has 0 unspecified atom stereocenters. The van der Waals surface area contributed by atoms with Gasteiger partial charge in [-0.25, -0.2) is 9.78 Å². The number of aromatic carboxylic acids is 1. The number of carbonyl (C=O) groups is 1. The van der Waals surface area contributed by atoms with Gasteiger partial charge in [-0.05, 0) is 5.92 Å². The zero-order valence-corrected chi connectivity index (χ0v) is 8.71. The molecule has 74 valence electrons. The van der Waals surface area contributed by atoms with E-state index < -0.39 is 5.97 Å². The molecule has 0 fully saturated rings. The molecule has 0 aliphatic rings. The van der Waals surface area contributed by atoms with Crippen molar-refractivity contribution in [3.8, 4) is 0 Å². The molecule has 0 spiro atoms. The van der Waals surface area contributed by atoms with E-state index in [1.165, 1.54) is 17.5 Å². The van der Waals surface area contributed by atoms with E-state index >= 15 is 0 Å². The number of carboxylic acid groups (broad SMARTS) is 1. The normalized spacial score (nSPS) is 11.4. The highest BCUT2D eigenvalue weighted by Crippen LogP contribution is 2.23. The number of nitrogens with zero attached hydrogens (tertiary/aromatic N) is 2. The van der Waals surface area contributed by atoms with Crippen molar-refractivity contribution < 1.29 is 9.90 Å². The molecular formula is C9H10N2O2S. The van der Waals surface area contributed by atoms with Crippen LogP contribution in [0.25, 0.3) is 4.96 Å².